The van der Waals surface area contributed by atoms with Gasteiger partial charge in [0.25, 0.3) is 10.0 Å². The van der Waals surface area contributed by atoms with Gasteiger partial charge in [-0.25, -0.2) is 13.4 Å². The number of halogens is 1. The molecule has 0 spiro atoms. The number of aromatic nitrogens is 2. The van der Waals surface area contributed by atoms with Gasteiger partial charge in [0.15, 0.2) is 0 Å². The molecule has 6 nitrogen and oxygen atoms in total. The molecule has 0 saturated heterocycles. The molecular formula is C21H18ClN3O3S. The Morgan fingerprint density at radius 2 is 1.93 bits per heavy atom. The van der Waals surface area contributed by atoms with Crippen LogP contribution in [0.1, 0.15) is 5.56 Å². The van der Waals surface area contributed by atoms with Gasteiger partial charge in [-0.2, -0.15) is 0 Å². The lowest BCUT2D eigenvalue weighted by atomic mass is 10.1. The van der Waals surface area contributed by atoms with Crippen LogP contribution < -0.4 is 9.46 Å². The molecule has 0 aliphatic heterocycles. The average molecular weight is 428 g/mol. The van der Waals surface area contributed by atoms with Crippen molar-refractivity contribution in [2.75, 3.05) is 11.8 Å². The van der Waals surface area contributed by atoms with Crippen molar-refractivity contribution in [3.63, 3.8) is 0 Å². The van der Waals surface area contributed by atoms with Crippen molar-refractivity contribution >= 4 is 33.0 Å². The Hall–Kier alpha value is -3.03. The fraction of sp³-hybridized carbons (Fsp3) is 0.0952. The van der Waals surface area contributed by atoms with Crippen LogP contribution in [-0.2, 0) is 10.0 Å². The summed E-state index contributed by atoms with van der Waals surface area (Å²) >= 11 is 6.07. The third-order valence-corrected chi connectivity index (χ3v) is 6.13. The van der Waals surface area contributed by atoms with Crippen LogP contribution in [0.15, 0.2) is 71.9 Å². The highest BCUT2D eigenvalue weighted by molar-refractivity contribution is 7.92. The van der Waals surface area contributed by atoms with E-state index >= 15 is 0 Å². The minimum atomic E-state index is -3.81. The zero-order valence-corrected chi connectivity index (χ0v) is 17.3. The lowest BCUT2D eigenvalue weighted by Gasteiger charge is -2.10. The van der Waals surface area contributed by atoms with E-state index in [0.29, 0.717) is 11.4 Å². The number of ether oxygens (including phenoxy) is 1. The summed E-state index contributed by atoms with van der Waals surface area (Å²) in [5.41, 5.74) is 3.94. The molecule has 4 aromatic rings. The first-order valence-electron chi connectivity index (χ1n) is 8.78. The standard InChI is InChI=1S/C21H18ClN3O3S/c1-14-8-9-25-13-19(23-21(25)10-14)15-4-3-5-16(11-15)24-29(26,27)17-6-7-20(28-2)18(22)12-17/h3-13,24H,1-2H3. The van der Waals surface area contributed by atoms with Gasteiger partial charge in [-0.3, -0.25) is 4.72 Å². The van der Waals surface area contributed by atoms with Crippen molar-refractivity contribution in [1.29, 1.82) is 0 Å². The Labute approximate surface area is 173 Å². The van der Waals surface area contributed by atoms with Gasteiger partial charge in [0.1, 0.15) is 11.4 Å². The van der Waals surface area contributed by atoms with Crippen LogP contribution in [0.25, 0.3) is 16.9 Å². The Balaban J connectivity index is 1.65. The third-order valence-electron chi connectivity index (χ3n) is 4.46. The Morgan fingerprint density at radius 3 is 2.69 bits per heavy atom. The summed E-state index contributed by atoms with van der Waals surface area (Å²) in [6.45, 7) is 2.01. The zero-order valence-electron chi connectivity index (χ0n) is 15.8. The van der Waals surface area contributed by atoms with Crippen molar-refractivity contribution in [1.82, 2.24) is 9.38 Å². The van der Waals surface area contributed by atoms with Gasteiger partial charge in [-0.15, -0.1) is 0 Å². The maximum Gasteiger partial charge on any atom is 0.261 e. The highest BCUT2D eigenvalue weighted by atomic mass is 35.5. The minimum absolute atomic E-state index is 0.0527. The van der Waals surface area contributed by atoms with Crippen molar-refractivity contribution in [3.05, 3.63) is 77.6 Å². The Kier molecular flexibility index (Phi) is 4.94. The van der Waals surface area contributed by atoms with E-state index in [1.807, 2.05) is 41.9 Å². The van der Waals surface area contributed by atoms with Crippen molar-refractivity contribution < 1.29 is 13.2 Å². The number of imidazole rings is 1. The zero-order chi connectivity index (χ0) is 20.6. The maximum absolute atomic E-state index is 12.7. The quantitative estimate of drug-likeness (QED) is 0.497. The largest absolute Gasteiger partial charge is 0.495 e. The van der Waals surface area contributed by atoms with Gasteiger partial charge in [0.2, 0.25) is 0 Å². The highest BCUT2D eigenvalue weighted by Gasteiger charge is 2.17. The van der Waals surface area contributed by atoms with E-state index in [1.54, 1.807) is 18.2 Å². The number of benzene rings is 2. The molecule has 0 aliphatic rings. The first kappa shape index (κ1) is 19.3. The van der Waals surface area contributed by atoms with Gasteiger partial charge in [-0.1, -0.05) is 23.7 Å². The predicted molar refractivity (Wildman–Crippen MR) is 114 cm³/mol. The lowest BCUT2D eigenvalue weighted by Crippen LogP contribution is -2.13. The van der Waals surface area contributed by atoms with Crippen LogP contribution in [0.2, 0.25) is 5.02 Å². The number of pyridine rings is 1. The second kappa shape index (κ2) is 7.42. The molecule has 0 atom stereocenters. The van der Waals surface area contributed by atoms with Gasteiger partial charge in [0.05, 0.1) is 22.7 Å². The van der Waals surface area contributed by atoms with Crippen LogP contribution >= 0.6 is 11.6 Å². The number of rotatable bonds is 5. The number of fused-ring (bicyclic) bond motifs is 1. The van der Waals surface area contributed by atoms with Crippen LogP contribution in [0.3, 0.4) is 0 Å². The SMILES string of the molecule is COc1ccc(S(=O)(=O)Nc2cccc(-c3cn4ccc(C)cc4n3)c2)cc1Cl. The summed E-state index contributed by atoms with van der Waals surface area (Å²) in [4.78, 5) is 4.68. The summed E-state index contributed by atoms with van der Waals surface area (Å²) in [5, 5.41) is 0.226. The molecule has 0 amide bonds. The van der Waals surface area contributed by atoms with Crippen molar-refractivity contribution in [3.8, 4) is 17.0 Å². The molecule has 2 aromatic carbocycles. The smallest absolute Gasteiger partial charge is 0.261 e. The summed E-state index contributed by atoms with van der Waals surface area (Å²) in [5.74, 6) is 0.412. The van der Waals surface area contributed by atoms with E-state index in [4.69, 9.17) is 16.3 Å². The molecule has 2 aromatic heterocycles. The van der Waals surface area contributed by atoms with Crippen LogP contribution in [0, 0.1) is 6.92 Å². The van der Waals surface area contributed by atoms with E-state index in [-0.39, 0.29) is 9.92 Å². The summed E-state index contributed by atoms with van der Waals surface area (Å²) in [6.07, 6.45) is 3.85. The normalized spacial score (nSPS) is 11.6. The monoisotopic (exact) mass is 427 g/mol. The Morgan fingerprint density at radius 1 is 1.10 bits per heavy atom. The number of nitrogens with zero attached hydrogens (tertiary/aromatic N) is 2. The predicted octanol–water partition coefficient (Wildman–Crippen LogP) is 4.77. The topological polar surface area (TPSA) is 72.7 Å². The molecule has 148 valence electrons. The molecule has 0 saturated carbocycles. The number of hydrogen-bond acceptors (Lipinski definition) is 4. The number of nitrogens with one attached hydrogen (secondary N) is 1. The van der Waals surface area contributed by atoms with Crippen molar-refractivity contribution in [2.24, 2.45) is 0 Å². The average Bonchev–Trinajstić information content (AvgIpc) is 3.11. The second-order valence-corrected chi connectivity index (χ2v) is 8.67. The van der Waals surface area contributed by atoms with Crippen LogP contribution in [0.4, 0.5) is 5.69 Å². The highest BCUT2D eigenvalue weighted by Crippen LogP contribution is 2.29. The van der Waals surface area contributed by atoms with Gasteiger partial charge in [0, 0.05) is 23.6 Å². The second-order valence-electron chi connectivity index (χ2n) is 6.58. The fourth-order valence-corrected chi connectivity index (χ4v) is 4.39. The van der Waals surface area contributed by atoms with E-state index in [2.05, 4.69) is 9.71 Å². The van der Waals surface area contributed by atoms with Gasteiger partial charge in [-0.05, 0) is 55.0 Å². The summed E-state index contributed by atoms with van der Waals surface area (Å²) < 4.78 is 35.1. The van der Waals surface area contributed by atoms with E-state index in [9.17, 15) is 8.42 Å². The number of sulfonamides is 1. The lowest BCUT2D eigenvalue weighted by molar-refractivity contribution is 0.414. The summed E-state index contributed by atoms with van der Waals surface area (Å²) in [6, 6.07) is 15.4. The first-order valence-corrected chi connectivity index (χ1v) is 10.6. The number of methoxy groups -OCH3 is 1. The molecule has 0 unspecified atom stereocenters. The van der Waals surface area contributed by atoms with Crippen LogP contribution in [-0.4, -0.2) is 24.9 Å². The minimum Gasteiger partial charge on any atom is -0.495 e. The van der Waals surface area contributed by atoms with Gasteiger partial charge < -0.3 is 9.14 Å². The molecule has 2 heterocycles. The number of aryl methyl sites for hydroxylation is 1. The summed E-state index contributed by atoms with van der Waals surface area (Å²) in [7, 11) is -2.33. The molecule has 4 rings (SSSR count). The molecule has 0 aliphatic carbocycles. The van der Waals surface area contributed by atoms with Crippen molar-refractivity contribution in [2.45, 2.75) is 11.8 Å². The Bertz CT molecular complexity index is 1320. The van der Waals surface area contributed by atoms with E-state index in [1.165, 1.54) is 25.3 Å². The molecule has 1 N–H and O–H groups in total. The molecule has 0 fully saturated rings. The van der Waals surface area contributed by atoms with Gasteiger partial charge >= 0.3 is 0 Å². The van der Waals surface area contributed by atoms with E-state index in [0.717, 1.165) is 22.5 Å². The van der Waals surface area contributed by atoms with Crippen LogP contribution in [0.5, 0.6) is 5.75 Å². The fourth-order valence-electron chi connectivity index (χ4n) is 2.99. The molecular weight excluding hydrogens is 410 g/mol. The number of hydrogen-bond donors (Lipinski definition) is 1. The third kappa shape index (κ3) is 3.92. The number of anilines is 1. The maximum atomic E-state index is 12.7. The first-order chi connectivity index (χ1) is 13.9. The molecule has 29 heavy (non-hydrogen) atoms. The molecule has 0 bridgehead atoms. The molecule has 8 heteroatoms. The molecule has 0 radical (unpaired) electrons. The van der Waals surface area contributed by atoms with E-state index < -0.39 is 10.0 Å².